The second kappa shape index (κ2) is 5.12. The van der Waals surface area contributed by atoms with Crippen molar-refractivity contribution in [2.75, 3.05) is 0 Å². The molecule has 1 amide bonds. The van der Waals surface area contributed by atoms with Crippen LogP contribution in [-0.2, 0) is 16.0 Å². The van der Waals surface area contributed by atoms with Crippen LogP contribution in [0.2, 0.25) is 0 Å². The predicted molar refractivity (Wildman–Crippen MR) is 62.3 cm³/mol. The van der Waals surface area contributed by atoms with Crippen LogP contribution in [-0.4, -0.2) is 22.5 Å². The van der Waals surface area contributed by atoms with Gasteiger partial charge in [0, 0.05) is 6.20 Å². The maximum Gasteiger partial charge on any atom is 0.310 e. The molecule has 1 aromatic heterocycles. The summed E-state index contributed by atoms with van der Waals surface area (Å²) >= 11 is 0. The summed E-state index contributed by atoms with van der Waals surface area (Å²) in [6.45, 7) is 5.21. The lowest BCUT2D eigenvalue weighted by Gasteiger charge is -2.19. The fourth-order valence-electron chi connectivity index (χ4n) is 1.30. The highest BCUT2D eigenvalue weighted by atomic mass is 19.1. The molecule has 1 heterocycles. The maximum absolute atomic E-state index is 13.4. The Morgan fingerprint density at radius 1 is 1.44 bits per heavy atom. The first-order valence-electron chi connectivity index (χ1n) is 5.35. The van der Waals surface area contributed by atoms with Gasteiger partial charge in [-0.2, -0.15) is 0 Å². The summed E-state index contributed by atoms with van der Waals surface area (Å²) in [6.07, 6.45) is 1.12. The lowest BCUT2D eigenvalue weighted by Crippen LogP contribution is -2.25. The van der Waals surface area contributed by atoms with Crippen molar-refractivity contribution in [3.8, 4) is 0 Å². The third-order valence-electron chi connectivity index (χ3n) is 1.90. The number of halogens is 1. The van der Waals surface area contributed by atoms with Gasteiger partial charge in [0.15, 0.2) is 11.5 Å². The molecule has 0 aliphatic carbocycles. The Morgan fingerprint density at radius 2 is 2.06 bits per heavy atom. The molecule has 98 valence electrons. The second-order valence-corrected chi connectivity index (χ2v) is 4.80. The zero-order valence-corrected chi connectivity index (χ0v) is 10.5. The Morgan fingerprint density at radius 3 is 2.50 bits per heavy atom. The van der Waals surface area contributed by atoms with E-state index in [0.717, 1.165) is 6.07 Å². The summed E-state index contributed by atoms with van der Waals surface area (Å²) in [4.78, 5) is 25.8. The minimum absolute atomic E-state index is 0.111. The fourth-order valence-corrected chi connectivity index (χ4v) is 1.30. The molecule has 0 saturated heterocycles. The van der Waals surface area contributed by atoms with Gasteiger partial charge in [0.1, 0.15) is 5.60 Å². The number of hydrogen-bond acceptors (Lipinski definition) is 4. The predicted octanol–water partition coefficient (Wildman–Crippen LogP) is 1.20. The van der Waals surface area contributed by atoms with E-state index in [9.17, 15) is 14.0 Å². The molecule has 0 aliphatic heterocycles. The van der Waals surface area contributed by atoms with Crippen LogP contribution in [0.5, 0.6) is 0 Å². The van der Waals surface area contributed by atoms with Crippen molar-refractivity contribution in [3.05, 3.63) is 29.3 Å². The molecule has 0 bridgehead atoms. The van der Waals surface area contributed by atoms with E-state index in [1.54, 1.807) is 20.8 Å². The van der Waals surface area contributed by atoms with E-state index >= 15 is 0 Å². The van der Waals surface area contributed by atoms with Gasteiger partial charge in [-0.25, -0.2) is 9.37 Å². The molecular weight excluding hydrogens is 239 g/mol. The van der Waals surface area contributed by atoms with Gasteiger partial charge in [-0.15, -0.1) is 0 Å². The number of aromatic nitrogens is 1. The van der Waals surface area contributed by atoms with Gasteiger partial charge in [-0.05, 0) is 32.4 Å². The minimum atomic E-state index is -0.948. The van der Waals surface area contributed by atoms with Crippen LogP contribution in [0.25, 0.3) is 0 Å². The van der Waals surface area contributed by atoms with Crippen molar-refractivity contribution in [2.45, 2.75) is 32.8 Å². The SMILES string of the molecule is CC(C)(C)OC(=O)Cc1cnc(C(N)=O)c(F)c1. The monoisotopic (exact) mass is 254 g/mol. The standard InChI is InChI=1S/C12H15FN2O3/c1-12(2,3)18-9(16)5-7-4-8(13)10(11(14)17)15-6-7/h4,6H,5H2,1-3H3,(H2,14,17). The number of carbonyl (C=O) groups is 2. The van der Waals surface area contributed by atoms with E-state index in [2.05, 4.69) is 4.98 Å². The number of nitrogens with zero attached hydrogens (tertiary/aromatic N) is 1. The number of amides is 1. The summed E-state index contributed by atoms with van der Waals surface area (Å²) < 4.78 is 18.5. The maximum atomic E-state index is 13.4. The van der Waals surface area contributed by atoms with E-state index in [-0.39, 0.29) is 6.42 Å². The van der Waals surface area contributed by atoms with Crippen LogP contribution < -0.4 is 5.73 Å². The van der Waals surface area contributed by atoms with Crippen molar-refractivity contribution < 1.29 is 18.7 Å². The molecule has 0 aromatic carbocycles. The first-order chi connectivity index (χ1) is 8.19. The van der Waals surface area contributed by atoms with Crippen LogP contribution in [0.15, 0.2) is 12.3 Å². The molecule has 5 nitrogen and oxygen atoms in total. The zero-order chi connectivity index (χ0) is 13.9. The molecule has 0 aliphatic rings. The smallest absolute Gasteiger partial charge is 0.310 e. The van der Waals surface area contributed by atoms with Gasteiger partial charge in [0.2, 0.25) is 0 Å². The van der Waals surface area contributed by atoms with Crippen LogP contribution in [0, 0.1) is 5.82 Å². The van der Waals surface area contributed by atoms with Crippen LogP contribution in [0.4, 0.5) is 4.39 Å². The highest BCUT2D eigenvalue weighted by Crippen LogP contribution is 2.11. The number of pyridine rings is 1. The topological polar surface area (TPSA) is 82.3 Å². The number of esters is 1. The summed E-state index contributed by atoms with van der Waals surface area (Å²) in [5.74, 6) is -2.28. The normalized spacial score (nSPS) is 11.1. The van der Waals surface area contributed by atoms with Gasteiger partial charge in [0.25, 0.3) is 5.91 Å². The van der Waals surface area contributed by atoms with Gasteiger partial charge in [-0.1, -0.05) is 0 Å². The van der Waals surface area contributed by atoms with Gasteiger partial charge in [-0.3, -0.25) is 9.59 Å². The van der Waals surface area contributed by atoms with E-state index in [0.29, 0.717) is 5.56 Å². The molecule has 0 radical (unpaired) electrons. The zero-order valence-electron chi connectivity index (χ0n) is 10.5. The molecule has 1 rings (SSSR count). The number of ether oxygens (including phenoxy) is 1. The van der Waals surface area contributed by atoms with E-state index < -0.39 is 29.0 Å². The Labute approximate surface area is 104 Å². The van der Waals surface area contributed by atoms with Crippen molar-refractivity contribution in [2.24, 2.45) is 5.73 Å². The average molecular weight is 254 g/mol. The number of primary amides is 1. The highest BCUT2D eigenvalue weighted by molar-refractivity contribution is 5.91. The fraction of sp³-hybridized carbons (Fsp3) is 0.417. The van der Waals surface area contributed by atoms with Crippen molar-refractivity contribution in [3.63, 3.8) is 0 Å². The van der Waals surface area contributed by atoms with Crippen molar-refractivity contribution >= 4 is 11.9 Å². The highest BCUT2D eigenvalue weighted by Gasteiger charge is 2.18. The van der Waals surface area contributed by atoms with E-state index in [4.69, 9.17) is 10.5 Å². The first-order valence-corrected chi connectivity index (χ1v) is 5.35. The minimum Gasteiger partial charge on any atom is -0.460 e. The second-order valence-electron chi connectivity index (χ2n) is 4.80. The van der Waals surface area contributed by atoms with Crippen LogP contribution >= 0.6 is 0 Å². The Balaban J connectivity index is 2.78. The Hall–Kier alpha value is -1.98. The summed E-state index contributed by atoms with van der Waals surface area (Å²) in [6, 6.07) is 1.05. The van der Waals surface area contributed by atoms with Crippen LogP contribution in [0.3, 0.4) is 0 Å². The lowest BCUT2D eigenvalue weighted by atomic mass is 10.1. The molecule has 0 unspecified atom stereocenters. The third kappa shape index (κ3) is 4.12. The van der Waals surface area contributed by atoms with E-state index in [1.165, 1.54) is 6.20 Å². The number of rotatable bonds is 3. The molecular formula is C12H15FN2O3. The lowest BCUT2D eigenvalue weighted by molar-refractivity contribution is -0.153. The molecule has 0 saturated carbocycles. The van der Waals surface area contributed by atoms with Crippen LogP contribution in [0.1, 0.15) is 36.8 Å². The van der Waals surface area contributed by atoms with Crippen molar-refractivity contribution in [1.82, 2.24) is 4.98 Å². The molecule has 0 atom stereocenters. The Kier molecular flexibility index (Phi) is 4.00. The van der Waals surface area contributed by atoms with Gasteiger partial charge >= 0.3 is 5.97 Å². The number of hydrogen-bond donors (Lipinski definition) is 1. The summed E-state index contributed by atoms with van der Waals surface area (Å²) in [5, 5.41) is 0. The van der Waals surface area contributed by atoms with Gasteiger partial charge < -0.3 is 10.5 Å². The van der Waals surface area contributed by atoms with E-state index in [1.807, 2.05) is 0 Å². The molecule has 2 N–H and O–H groups in total. The molecule has 1 aromatic rings. The van der Waals surface area contributed by atoms with Crippen molar-refractivity contribution in [1.29, 1.82) is 0 Å². The molecule has 0 fully saturated rings. The number of carbonyl (C=O) groups excluding carboxylic acids is 2. The first kappa shape index (κ1) is 14.1. The molecule has 0 spiro atoms. The summed E-state index contributed by atoms with van der Waals surface area (Å²) in [7, 11) is 0. The largest absolute Gasteiger partial charge is 0.460 e. The number of nitrogens with two attached hydrogens (primary N) is 1. The molecule has 18 heavy (non-hydrogen) atoms. The Bertz CT molecular complexity index is 481. The summed E-state index contributed by atoms with van der Waals surface area (Å²) in [5.41, 5.74) is 4.20. The molecule has 6 heteroatoms. The average Bonchev–Trinajstić information content (AvgIpc) is 2.13. The van der Waals surface area contributed by atoms with Gasteiger partial charge in [0.05, 0.1) is 6.42 Å². The third-order valence-corrected chi connectivity index (χ3v) is 1.90. The quantitative estimate of drug-likeness (QED) is 0.822.